The van der Waals surface area contributed by atoms with E-state index >= 15 is 0 Å². The summed E-state index contributed by atoms with van der Waals surface area (Å²) >= 11 is 0. The van der Waals surface area contributed by atoms with Gasteiger partial charge in [-0.05, 0) is 70.3 Å². The molecule has 0 radical (unpaired) electrons. The summed E-state index contributed by atoms with van der Waals surface area (Å²) in [6.07, 6.45) is 1.07. The van der Waals surface area contributed by atoms with E-state index in [1.54, 1.807) is 12.1 Å². The Morgan fingerprint density at radius 1 is 0.732 bits per heavy atom. The molecule has 8 heteroatoms. The molecule has 0 N–H and O–H groups in total. The molecular weight excluding hydrogens is 556 g/mol. The van der Waals surface area contributed by atoms with E-state index in [0.717, 1.165) is 40.5 Å². The van der Waals surface area contributed by atoms with Crippen molar-refractivity contribution >= 4 is 20.6 Å². The van der Waals surface area contributed by atoms with E-state index < -0.39 is 20.6 Å². The fourth-order valence-electron chi connectivity index (χ4n) is 4.29. The lowest BCUT2D eigenvalue weighted by atomic mass is 9.86. The number of fused-ring (bicyclic) bond motifs is 3. The molecule has 1 atom stereocenters. The molecule has 0 saturated heterocycles. The van der Waals surface area contributed by atoms with Gasteiger partial charge in [0.15, 0.2) is 11.9 Å². The lowest BCUT2D eigenvalue weighted by molar-refractivity contribution is 0.356. The van der Waals surface area contributed by atoms with Crippen LogP contribution in [-0.2, 0) is 37.9 Å². The summed E-state index contributed by atoms with van der Waals surface area (Å²) in [4.78, 5) is 1.17. The fourth-order valence-corrected chi connectivity index (χ4v) is 6.47. The van der Waals surface area contributed by atoms with Gasteiger partial charge in [0.1, 0.15) is 22.1 Å². The average Bonchev–Trinajstić information content (AvgIpc) is 3.56. The zero-order valence-corrected chi connectivity index (χ0v) is 25.4. The van der Waals surface area contributed by atoms with Crippen LogP contribution in [0, 0.1) is 6.92 Å². The zero-order chi connectivity index (χ0) is 28.6. The van der Waals surface area contributed by atoms with E-state index in [1.807, 2.05) is 31.2 Å². The molecule has 226 valence electrons. The summed E-state index contributed by atoms with van der Waals surface area (Å²) in [6, 6.07) is 17.7. The van der Waals surface area contributed by atoms with Gasteiger partial charge in [0.25, 0.3) is 0 Å². The van der Waals surface area contributed by atoms with Crippen LogP contribution in [0.2, 0.25) is 0 Å². The quantitative estimate of drug-likeness (QED) is 0.262. The van der Waals surface area contributed by atoms with Crippen LogP contribution in [0.5, 0.6) is 17.2 Å². The molecular formula is C33H46O6S2. The molecule has 0 spiro atoms. The van der Waals surface area contributed by atoms with Crippen LogP contribution in [0.15, 0.2) is 64.4 Å². The summed E-state index contributed by atoms with van der Waals surface area (Å²) in [5, 5.41) is 0. The van der Waals surface area contributed by atoms with Gasteiger partial charge in [0.05, 0.1) is 22.3 Å². The highest BCUT2D eigenvalue weighted by molar-refractivity contribution is 7.91. The van der Waals surface area contributed by atoms with Crippen molar-refractivity contribution in [1.82, 2.24) is 0 Å². The molecule has 0 amide bonds. The molecule has 41 heavy (non-hydrogen) atoms. The van der Waals surface area contributed by atoms with Gasteiger partial charge in [-0.2, -0.15) is 0 Å². The number of ether oxygens (including phenoxy) is 3. The van der Waals surface area contributed by atoms with E-state index in [2.05, 4.69) is 59.7 Å². The van der Waals surface area contributed by atoms with Crippen molar-refractivity contribution in [1.29, 1.82) is 0 Å². The predicted molar refractivity (Wildman–Crippen MR) is 169 cm³/mol. The van der Waals surface area contributed by atoms with E-state index in [-0.39, 0.29) is 31.6 Å². The molecule has 3 heterocycles. The van der Waals surface area contributed by atoms with E-state index in [0.29, 0.717) is 16.6 Å². The molecule has 6 rings (SSSR count). The molecule has 1 unspecified atom stereocenters. The third-order valence-corrected chi connectivity index (χ3v) is 9.29. The van der Waals surface area contributed by atoms with Crippen molar-refractivity contribution in [3.8, 4) is 17.2 Å². The zero-order valence-electron chi connectivity index (χ0n) is 23.8. The standard InChI is InChI=1S/C12H16O.C11H14O3S.C8H8O2S.2CH4/c1-12(2,3)10-4-5-11-9(8-10)6-7-13-11;1-11(2,3)8-4-5-9-10(6-8)15(12,13)7-14-9;1-6-2-3-7-8(4-6)11(9)5-10-7;;/h4-5,8H,6-7H2,1-3H3;4-6H,7H2,1-3H3;2-4H,5H2,1H3;2*1H4. The first-order valence-corrected chi connectivity index (χ1v) is 16.0. The number of hydrogen-bond donors (Lipinski definition) is 0. The highest BCUT2D eigenvalue weighted by atomic mass is 32.2. The predicted octanol–water partition coefficient (Wildman–Crippen LogP) is 7.75. The Kier molecular flexibility index (Phi) is 10.9. The monoisotopic (exact) mass is 602 g/mol. The Morgan fingerprint density at radius 2 is 1.32 bits per heavy atom. The largest absolute Gasteiger partial charge is 0.493 e. The minimum absolute atomic E-state index is 0. The number of sulfone groups is 1. The first kappa shape index (κ1) is 34.4. The average molecular weight is 603 g/mol. The van der Waals surface area contributed by atoms with Crippen LogP contribution in [0.4, 0.5) is 0 Å². The molecule has 3 aromatic rings. The van der Waals surface area contributed by atoms with E-state index in [1.165, 1.54) is 11.1 Å². The SMILES string of the molecule is C.C.CC(C)(C)c1ccc2c(c1)CCO2.CC(C)(C)c1ccc2c(c1)S(=O)(=O)CO2.Cc1ccc2c(c1)S(=O)CO2. The molecule has 3 aliphatic heterocycles. The normalized spacial score (nSPS) is 17.2. The third kappa shape index (κ3) is 8.13. The molecule has 0 fully saturated rings. The smallest absolute Gasteiger partial charge is 0.216 e. The van der Waals surface area contributed by atoms with Crippen LogP contribution in [0.1, 0.15) is 78.6 Å². The number of aryl methyl sites for hydroxylation is 1. The van der Waals surface area contributed by atoms with Crippen LogP contribution in [0.25, 0.3) is 0 Å². The highest BCUT2D eigenvalue weighted by Crippen LogP contribution is 2.35. The van der Waals surface area contributed by atoms with Crippen LogP contribution >= 0.6 is 0 Å². The molecule has 3 aromatic carbocycles. The van der Waals surface area contributed by atoms with Crippen LogP contribution in [-0.4, -0.2) is 31.1 Å². The second-order valence-corrected chi connectivity index (χ2v) is 15.3. The molecule has 0 aliphatic carbocycles. The van der Waals surface area contributed by atoms with Gasteiger partial charge >= 0.3 is 0 Å². The fraction of sp³-hybridized carbons (Fsp3) is 0.455. The maximum atomic E-state index is 11.6. The first-order valence-electron chi connectivity index (χ1n) is 13.0. The minimum atomic E-state index is -3.21. The second kappa shape index (κ2) is 13.0. The van der Waals surface area contributed by atoms with Crippen LogP contribution in [0.3, 0.4) is 0 Å². The number of hydrogen-bond acceptors (Lipinski definition) is 6. The summed E-state index contributed by atoms with van der Waals surface area (Å²) in [6.45, 7) is 15.7. The van der Waals surface area contributed by atoms with Gasteiger partial charge in [0, 0.05) is 6.42 Å². The van der Waals surface area contributed by atoms with Crippen molar-refractivity contribution in [2.75, 3.05) is 18.5 Å². The van der Waals surface area contributed by atoms with Gasteiger partial charge < -0.3 is 14.2 Å². The van der Waals surface area contributed by atoms with E-state index in [9.17, 15) is 12.6 Å². The van der Waals surface area contributed by atoms with Crippen molar-refractivity contribution < 1.29 is 26.8 Å². The molecule has 3 aliphatic rings. The van der Waals surface area contributed by atoms with Gasteiger partial charge in [0.2, 0.25) is 9.84 Å². The van der Waals surface area contributed by atoms with Gasteiger partial charge in [-0.25, -0.2) is 8.42 Å². The maximum Gasteiger partial charge on any atom is 0.216 e. The van der Waals surface area contributed by atoms with Crippen molar-refractivity contribution in [2.45, 2.75) is 90.4 Å². The topological polar surface area (TPSA) is 78.9 Å². The van der Waals surface area contributed by atoms with E-state index in [4.69, 9.17) is 14.2 Å². The van der Waals surface area contributed by atoms with Crippen LogP contribution < -0.4 is 14.2 Å². The minimum Gasteiger partial charge on any atom is -0.493 e. The Labute approximate surface area is 249 Å². The Bertz CT molecular complexity index is 1500. The van der Waals surface area contributed by atoms with Crippen molar-refractivity contribution in [3.63, 3.8) is 0 Å². The highest BCUT2D eigenvalue weighted by Gasteiger charge is 2.29. The van der Waals surface area contributed by atoms with Gasteiger partial charge in [-0.3, -0.25) is 4.21 Å². The summed E-state index contributed by atoms with van der Waals surface area (Å²) in [7, 11) is -4.14. The molecule has 0 aromatic heterocycles. The van der Waals surface area contributed by atoms with Crippen molar-refractivity contribution in [2.24, 2.45) is 0 Å². The third-order valence-electron chi connectivity index (χ3n) is 6.74. The van der Waals surface area contributed by atoms with Crippen molar-refractivity contribution in [3.05, 3.63) is 76.9 Å². The lowest BCUT2D eigenvalue weighted by Crippen LogP contribution is -2.11. The Hall–Kier alpha value is -2.84. The lowest BCUT2D eigenvalue weighted by Gasteiger charge is -2.19. The van der Waals surface area contributed by atoms with Gasteiger partial charge in [-0.1, -0.05) is 80.7 Å². The molecule has 0 bridgehead atoms. The van der Waals surface area contributed by atoms with Gasteiger partial charge in [-0.15, -0.1) is 0 Å². The maximum absolute atomic E-state index is 11.6. The Balaban J connectivity index is 0.000000212. The Morgan fingerprint density at radius 3 is 1.95 bits per heavy atom. The summed E-state index contributed by atoms with van der Waals surface area (Å²) in [5.41, 5.74) is 5.10. The number of benzene rings is 3. The second-order valence-electron chi connectivity index (χ2n) is 12.0. The first-order chi connectivity index (χ1) is 18.1. The molecule has 0 saturated carbocycles. The summed E-state index contributed by atoms with van der Waals surface area (Å²) in [5.74, 6) is 2.42. The number of rotatable bonds is 0. The molecule has 6 nitrogen and oxygen atoms in total. The summed E-state index contributed by atoms with van der Waals surface area (Å²) < 4.78 is 50.1.